The zero-order valence-electron chi connectivity index (χ0n) is 25.4. The van der Waals surface area contributed by atoms with Crippen LogP contribution in [0.2, 0.25) is 0 Å². The van der Waals surface area contributed by atoms with Crippen molar-refractivity contribution in [2.24, 2.45) is 0 Å². The van der Waals surface area contributed by atoms with Crippen molar-refractivity contribution in [3.8, 4) is 22.6 Å². The van der Waals surface area contributed by atoms with Crippen molar-refractivity contribution < 1.29 is 19.0 Å². The molecule has 6 aromatic rings. The van der Waals surface area contributed by atoms with Crippen LogP contribution in [0, 0.1) is 0 Å². The number of unbranched alkanes of at least 4 members (excludes halogenated alkanes) is 6. The molecule has 0 radical (unpaired) electrons. The summed E-state index contributed by atoms with van der Waals surface area (Å²) in [5, 5.41) is 27.5. The summed E-state index contributed by atoms with van der Waals surface area (Å²) in [5.41, 5.74) is 0.933. The van der Waals surface area contributed by atoms with Crippen molar-refractivity contribution in [2.75, 3.05) is 0 Å². The molecule has 0 fully saturated rings. The van der Waals surface area contributed by atoms with E-state index in [4.69, 9.17) is 8.83 Å². The summed E-state index contributed by atoms with van der Waals surface area (Å²) in [6.45, 7) is 4.31. The van der Waals surface area contributed by atoms with E-state index in [0.717, 1.165) is 51.4 Å². The second kappa shape index (κ2) is 12.6. The number of aromatic hydroxyl groups is 2. The Balaban J connectivity index is 1.73. The van der Waals surface area contributed by atoms with Crippen LogP contribution in [-0.4, -0.2) is 10.2 Å². The lowest BCUT2D eigenvalue weighted by Gasteiger charge is -2.18. The van der Waals surface area contributed by atoms with Gasteiger partial charge in [0, 0.05) is 10.8 Å². The fraction of sp³-hybridized carbons (Fsp3) is 0.316. The van der Waals surface area contributed by atoms with Gasteiger partial charge in [-0.2, -0.15) is 0 Å². The van der Waals surface area contributed by atoms with Crippen molar-refractivity contribution in [1.82, 2.24) is 0 Å². The smallest absolute Gasteiger partial charge is 0.344 e. The molecule has 226 valence electrons. The molecule has 0 saturated heterocycles. The molecule has 2 N–H and O–H groups in total. The number of phenolic OH excluding ortho intramolecular Hbond substituents is 2. The minimum absolute atomic E-state index is 0.0806. The molecular formula is C38H38O6. The van der Waals surface area contributed by atoms with Crippen molar-refractivity contribution in [1.29, 1.82) is 0 Å². The Bertz CT molecular complexity index is 1960. The summed E-state index contributed by atoms with van der Waals surface area (Å²) in [6.07, 6.45) is 9.30. The summed E-state index contributed by atoms with van der Waals surface area (Å²) in [4.78, 5) is 26.6. The van der Waals surface area contributed by atoms with Crippen LogP contribution in [0.5, 0.6) is 11.5 Å². The zero-order chi connectivity index (χ0) is 30.8. The first-order valence-corrected chi connectivity index (χ1v) is 15.9. The van der Waals surface area contributed by atoms with Gasteiger partial charge in [0.1, 0.15) is 11.5 Å². The van der Waals surface area contributed by atoms with E-state index >= 15 is 0 Å². The molecular weight excluding hydrogens is 552 g/mol. The molecule has 0 bridgehead atoms. The fourth-order valence-corrected chi connectivity index (χ4v) is 6.45. The Morgan fingerprint density at radius 3 is 1.30 bits per heavy atom. The highest BCUT2D eigenvalue weighted by Gasteiger charge is 2.27. The van der Waals surface area contributed by atoms with Crippen LogP contribution >= 0.6 is 0 Å². The summed E-state index contributed by atoms with van der Waals surface area (Å²) in [6, 6.07) is 18.3. The van der Waals surface area contributed by atoms with Gasteiger partial charge < -0.3 is 19.0 Å². The lowest BCUT2D eigenvalue weighted by Crippen LogP contribution is -2.04. The zero-order valence-corrected chi connectivity index (χ0v) is 25.4. The molecule has 6 heteroatoms. The number of aryl methyl sites for hydroxylation is 2. The Kier molecular flexibility index (Phi) is 8.42. The van der Waals surface area contributed by atoms with Crippen LogP contribution in [0.25, 0.3) is 54.6 Å². The maximum Gasteiger partial charge on any atom is 0.344 e. The minimum Gasteiger partial charge on any atom is -0.507 e. The number of hydrogen-bond donors (Lipinski definition) is 2. The quantitative estimate of drug-likeness (QED) is 0.0885. The fourth-order valence-electron chi connectivity index (χ4n) is 6.45. The molecule has 0 aliphatic rings. The second-order valence-corrected chi connectivity index (χ2v) is 11.8. The van der Waals surface area contributed by atoms with E-state index in [1.54, 1.807) is 24.3 Å². The standard InChI is InChI=1S/C38H38O6/c1-3-5-7-9-15-23-21-29-25-17-11-13-19-27(25)37(41)43-35(29)31(33(23)39)32-34(40)24(16-10-8-6-4-2)22-30-26-18-12-14-20-28(26)38(42)44-36(30)32/h11-14,17-22,39-40H,3-10,15-16H2,1-2H3. The summed E-state index contributed by atoms with van der Waals surface area (Å²) in [5.74, 6) is -0.161. The Morgan fingerprint density at radius 2 is 0.909 bits per heavy atom. The number of rotatable bonds is 11. The van der Waals surface area contributed by atoms with Crippen LogP contribution in [-0.2, 0) is 12.8 Å². The van der Waals surface area contributed by atoms with E-state index in [2.05, 4.69) is 13.8 Å². The molecule has 44 heavy (non-hydrogen) atoms. The predicted molar refractivity (Wildman–Crippen MR) is 178 cm³/mol. The largest absolute Gasteiger partial charge is 0.507 e. The lowest BCUT2D eigenvalue weighted by atomic mass is 9.89. The normalized spacial score (nSPS) is 11.8. The molecule has 0 aliphatic carbocycles. The van der Waals surface area contributed by atoms with E-state index < -0.39 is 11.3 Å². The third-order valence-electron chi connectivity index (χ3n) is 8.78. The lowest BCUT2D eigenvalue weighted by molar-refractivity contribution is 0.457. The number of phenols is 2. The molecule has 0 unspecified atom stereocenters. The van der Waals surface area contributed by atoms with E-state index in [0.29, 0.717) is 56.3 Å². The van der Waals surface area contributed by atoms with Gasteiger partial charge >= 0.3 is 11.3 Å². The Morgan fingerprint density at radius 1 is 0.523 bits per heavy atom. The van der Waals surface area contributed by atoms with Crippen molar-refractivity contribution in [2.45, 2.75) is 78.1 Å². The van der Waals surface area contributed by atoms with Gasteiger partial charge in [0.25, 0.3) is 0 Å². The molecule has 2 aromatic heterocycles. The molecule has 0 aliphatic heterocycles. The van der Waals surface area contributed by atoms with Gasteiger partial charge in [-0.3, -0.25) is 0 Å². The predicted octanol–water partition coefficient (Wildman–Crippen LogP) is 9.53. The van der Waals surface area contributed by atoms with Crippen molar-refractivity contribution in [3.63, 3.8) is 0 Å². The Hall–Kier alpha value is -4.58. The highest BCUT2D eigenvalue weighted by molar-refractivity contribution is 6.16. The third-order valence-corrected chi connectivity index (χ3v) is 8.78. The molecule has 0 spiro atoms. The summed E-state index contributed by atoms with van der Waals surface area (Å²) < 4.78 is 11.9. The van der Waals surface area contributed by atoms with Gasteiger partial charge in [0.2, 0.25) is 0 Å². The number of hydrogen-bond acceptors (Lipinski definition) is 6. The molecule has 2 heterocycles. The van der Waals surface area contributed by atoms with Gasteiger partial charge in [-0.15, -0.1) is 0 Å². The van der Waals surface area contributed by atoms with Gasteiger partial charge in [-0.25, -0.2) is 9.59 Å². The maximum atomic E-state index is 13.3. The first-order chi connectivity index (χ1) is 21.4. The maximum absolute atomic E-state index is 13.3. The molecule has 0 saturated carbocycles. The van der Waals surface area contributed by atoms with Crippen LogP contribution in [0.4, 0.5) is 0 Å². The van der Waals surface area contributed by atoms with Gasteiger partial charge in [-0.1, -0.05) is 88.8 Å². The number of fused-ring (bicyclic) bond motifs is 6. The van der Waals surface area contributed by atoms with Crippen LogP contribution in [0.15, 0.2) is 79.1 Å². The summed E-state index contributed by atoms with van der Waals surface area (Å²) >= 11 is 0. The van der Waals surface area contributed by atoms with E-state index in [1.807, 2.05) is 36.4 Å². The number of benzene rings is 4. The van der Waals surface area contributed by atoms with Gasteiger partial charge in [0.05, 0.1) is 21.9 Å². The summed E-state index contributed by atoms with van der Waals surface area (Å²) in [7, 11) is 0. The first kappa shape index (κ1) is 29.5. The topological polar surface area (TPSA) is 101 Å². The monoisotopic (exact) mass is 590 g/mol. The molecule has 6 nitrogen and oxygen atoms in total. The van der Waals surface area contributed by atoms with Crippen molar-refractivity contribution >= 4 is 43.5 Å². The van der Waals surface area contributed by atoms with E-state index in [9.17, 15) is 19.8 Å². The highest BCUT2D eigenvalue weighted by Crippen LogP contribution is 2.49. The van der Waals surface area contributed by atoms with E-state index in [1.165, 1.54) is 0 Å². The Labute approximate surface area is 255 Å². The first-order valence-electron chi connectivity index (χ1n) is 15.9. The molecule has 4 aromatic carbocycles. The van der Waals surface area contributed by atoms with Crippen LogP contribution in [0.3, 0.4) is 0 Å². The molecule has 0 atom stereocenters. The van der Waals surface area contributed by atoms with E-state index in [-0.39, 0.29) is 33.8 Å². The van der Waals surface area contributed by atoms with Crippen molar-refractivity contribution in [3.05, 3.63) is 92.6 Å². The highest BCUT2D eigenvalue weighted by atomic mass is 16.4. The van der Waals surface area contributed by atoms with Gasteiger partial charge in [0.15, 0.2) is 11.2 Å². The molecule has 0 amide bonds. The van der Waals surface area contributed by atoms with Crippen LogP contribution in [0.1, 0.15) is 76.3 Å². The second-order valence-electron chi connectivity index (χ2n) is 11.8. The molecule has 6 rings (SSSR count). The van der Waals surface area contributed by atoms with Crippen LogP contribution < -0.4 is 11.3 Å². The van der Waals surface area contributed by atoms with Gasteiger partial charge in [-0.05, 0) is 71.8 Å². The third kappa shape index (κ3) is 5.23. The average molecular weight is 591 g/mol. The minimum atomic E-state index is -0.545. The average Bonchev–Trinajstić information content (AvgIpc) is 3.03. The SMILES string of the molecule is CCCCCCc1cc2c(oc(=O)c3ccccc32)c(-c2c(O)c(CCCCCC)cc3c2oc(=O)c2ccccc23)c1O.